The van der Waals surface area contributed by atoms with Gasteiger partial charge >= 0.3 is 0 Å². The average molecular weight is 584 g/mol. The van der Waals surface area contributed by atoms with Crippen LogP contribution in [-0.4, -0.2) is 44.7 Å². The van der Waals surface area contributed by atoms with E-state index in [4.69, 9.17) is 0 Å². The fraction of sp³-hybridized carbons (Fsp3) is 0.290. The van der Waals surface area contributed by atoms with Gasteiger partial charge < -0.3 is 4.98 Å². The molecule has 6 rings (SSSR count). The van der Waals surface area contributed by atoms with E-state index in [1.807, 2.05) is 13.8 Å². The molecule has 2 aliphatic rings. The highest BCUT2D eigenvalue weighted by molar-refractivity contribution is 7.83. The zero-order chi connectivity index (χ0) is 29.5. The summed E-state index contributed by atoms with van der Waals surface area (Å²) < 4.78 is 54.2. The summed E-state index contributed by atoms with van der Waals surface area (Å²) in [4.78, 5) is 28.3. The van der Waals surface area contributed by atoms with Crippen LogP contribution in [0.1, 0.15) is 53.8 Å². The molecule has 4 aromatic rings. The predicted octanol–water partition coefficient (Wildman–Crippen LogP) is 6.61. The molecule has 1 aliphatic heterocycles. The van der Waals surface area contributed by atoms with Crippen LogP contribution in [0.2, 0.25) is 0 Å². The second-order valence-corrected chi connectivity index (χ2v) is 10.9. The van der Waals surface area contributed by atoms with E-state index >= 15 is 0 Å². The van der Waals surface area contributed by atoms with Crippen LogP contribution in [0.5, 0.6) is 0 Å². The molecular formula is C31H32F3N3O3S. The minimum atomic E-state index is -1.20. The maximum absolute atomic E-state index is 13.5. The number of hydrogen-bond donors (Lipinski definition) is 2. The number of halogens is 3. The molecule has 1 aromatic heterocycles. The quantitative estimate of drug-likeness (QED) is 0.240. The van der Waals surface area contributed by atoms with E-state index in [9.17, 15) is 27.0 Å². The SMILES string of the molecule is CC.Fc1ccc(-c2cc3cc(F)cc(F)c3[nH]2)cc1.O=C1c2ccccc2C(=O)N1CCS(=O)NCC1CCC1. The molecule has 10 heteroatoms. The molecule has 1 saturated carbocycles. The van der Waals surface area contributed by atoms with Crippen LogP contribution in [-0.2, 0) is 11.0 Å². The Balaban J connectivity index is 0.000000180. The van der Waals surface area contributed by atoms with E-state index in [-0.39, 0.29) is 35.4 Å². The highest BCUT2D eigenvalue weighted by atomic mass is 32.2. The Morgan fingerprint density at radius 3 is 2.12 bits per heavy atom. The van der Waals surface area contributed by atoms with Crippen LogP contribution in [0.4, 0.5) is 13.2 Å². The Morgan fingerprint density at radius 1 is 0.902 bits per heavy atom. The number of H-pyrrole nitrogens is 1. The van der Waals surface area contributed by atoms with E-state index < -0.39 is 22.6 Å². The van der Waals surface area contributed by atoms with Crippen LogP contribution in [0, 0.1) is 23.4 Å². The van der Waals surface area contributed by atoms with Crippen molar-refractivity contribution in [1.82, 2.24) is 14.6 Å². The van der Waals surface area contributed by atoms with Gasteiger partial charge in [0.1, 0.15) is 17.5 Å². The maximum Gasteiger partial charge on any atom is 0.261 e. The highest BCUT2D eigenvalue weighted by Crippen LogP contribution is 2.27. The Bertz CT molecular complexity index is 1520. The van der Waals surface area contributed by atoms with E-state index in [0.29, 0.717) is 33.7 Å². The first-order valence-corrected chi connectivity index (χ1v) is 14.9. The number of carbonyl (C=O) groups excluding carboxylic acids is 2. The standard InChI is InChI=1S/C15H18N2O3S.C14H8F3N.C2H6/c18-14-12-6-1-2-7-13(12)15(19)17(14)8-9-21(20)16-10-11-4-3-5-11;15-10-3-1-8(2-4-10)13-6-9-5-11(16)7-12(17)14(9)18-13;1-2/h1-2,6-7,11,16H,3-5,8-10H2;1-7,18H;1-2H3. The molecule has 2 heterocycles. The number of amides is 2. The summed E-state index contributed by atoms with van der Waals surface area (Å²) >= 11 is 0. The van der Waals surface area contributed by atoms with Crippen LogP contribution >= 0.6 is 0 Å². The van der Waals surface area contributed by atoms with Gasteiger partial charge in [0.25, 0.3) is 11.8 Å². The normalized spacial score (nSPS) is 15.0. The zero-order valence-electron chi connectivity index (χ0n) is 22.9. The highest BCUT2D eigenvalue weighted by Gasteiger charge is 2.34. The van der Waals surface area contributed by atoms with Gasteiger partial charge in [0, 0.05) is 30.2 Å². The first-order chi connectivity index (χ1) is 19.8. The minimum Gasteiger partial charge on any atom is -0.352 e. The van der Waals surface area contributed by atoms with Gasteiger partial charge in [-0.25, -0.2) is 22.1 Å². The van der Waals surface area contributed by atoms with Crippen molar-refractivity contribution in [1.29, 1.82) is 0 Å². The topological polar surface area (TPSA) is 82.3 Å². The van der Waals surface area contributed by atoms with Gasteiger partial charge in [-0.1, -0.05) is 32.4 Å². The van der Waals surface area contributed by atoms with Gasteiger partial charge in [0.2, 0.25) is 0 Å². The van der Waals surface area contributed by atoms with Gasteiger partial charge in [-0.3, -0.25) is 14.5 Å². The molecule has 0 spiro atoms. The van der Waals surface area contributed by atoms with Gasteiger partial charge in [0.15, 0.2) is 0 Å². The summed E-state index contributed by atoms with van der Waals surface area (Å²) in [7, 11) is -1.20. The first-order valence-electron chi connectivity index (χ1n) is 13.6. The number of carbonyl (C=O) groups is 2. The Morgan fingerprint density at radius 2 is 1.54 bits per heavy atom. The van der Waals surface area contributed by atoms with Crippen LogP contribution < -0.4 is 4.72 Å². The summed E-state index contributed by atoms with van der Waals surface area (Å²) in [6.45, 7) is 4.95. The van der Waals surface area contributed by atoms with E-state index in [2.05, 4.69) is 9.71 Å². The average Bonchev–Trinajstić information content (AvgIpc) is 3.48. The summed E-state index contributed by atoms with van der Waals surface area (Å²) in [5.41, 5.74) is 2.46. The number of aromatic amines is 1. The lowest BCUT2D eigenvalue weighted by Gasteiger charge is -2.25. The van der Waals surface area contributed by atoms with Crippen molar-refractivity contribution < 1.29 is 27.0 Å². The fourth-order valence-corrected chi connectivity index (χ4v) is 5.46. The number of nitrogens with one attached hydrogen (secondary N) is 2. The van der Waals surface area contributed by atoms with E-state index in [0.717, 1.165) is 12.6 Å². The first kappa shape index (κ1) is 30.2. The number of rotatable bonds is 7. The molecule has 1 atom stereocenters. The number of imide groups is 1. The molecule has 2 N–H and O–H groups in total. The molecule has 3 aromatic carbocycles. The largest absolute Gasteiger partial charge is 0.352 e. The Kier molecular flexibility index (Phi) is 10.1. The van der Waals surface area contributed by atoms with Crippen molar-refractivity contribution in [3.05, 3.63) is 95.3 Å². The molecule has 0 radical (unpaired) electrons. The number of aromatic nitrogens is 1. The molecule has 2 amide bonds. The monoisotopic (exact) mass is 583 g/mol. The molecule has 0 bridgehead atoms. The number of hydrogen-bond acceptors (Lipinski definition) is 3. The zero-order valence-corrected chi connectivity index (χ0v) is 23.7. The second kappa shape index (κ2) is 13.7. The molecule has 0 saturated heterocycles. The van der Waals surface area contributed by atoms with Gasteiger partial charge in [-0.15, -0.1) is 0 Å². The maximum atomic E-state index is 13.5. The summed E-state index contributed by atoms with van der Waals surface area (Å²) in [6, 6.07) is 16.3. The third kappa shape index (κ3) is 7.12. The van der Waals surface area contributed by atoms with Gasteiger partial charge in [0.05, 0.1) is 33.4 Å². The molecule has 41 heavy (non-hydrogen) atoms. The molecule has 1 aliphatic carbocycles. The molecule has 216 valence electrons. The van der Waals surface area contributed by atoms with E-state index in [1.165, 1.54) is 42.4 Å². The lowest BCUT2D eigenvalue weighted by Crippen LogP contribution is -2.37. The molecule has 1 unspecified atom stereocenters. The smallest absolute Gasteiger partial charge is 0.261 e. The van der Waals surface area contributed by atoms with Crippen LogP contribution in [0.3, 0.4) is 0 Å². The second-order valence-electron chi connectivity index (χ2n) is 9.54. The van der Waals surface area contributed by atoms with Crippen molar-refractivity contribution in [2.24, 2.45) is 5.92 Å². The Labute approximate surface area is 239 Å². The number of fused-ring (bicyclic) bond motifs is 2. The van der Waals surface area contributed by atoms with Gasteiger partial charge in [-0.05, 0) is 72.9 Å². The predicted molar refractivity (Wildman–Crippen MR) is 155 cm³/mol. The van der Waals surface area contributed by atoms with Crippen molar-refractivity contribution in [3.63, 3.8) is 0 Å². The van der Waals surface area contributed by atoms with Crippen LogP contribution in [0.15, 0.2) is 66.7 Å². The minimum absolute atomic E-state index is 0.191. The third-order valence-electron chi connectivity index (χ3n) is 6.94. The fourth-order valence-electron chi connectivity index (χ4n) is 4.55. The molecular weight excluding hydrogens is 551 g/mol. The van der Waals surface area contributed by atoms with Crippen molar-refractivity contribution in [2.75, 3.05) is 18.8 Å². The van der Waals surface area contributed by atoms with Crippen molar-refractivity contribution >= 4 is 33.7 Å². The third-order valence-corrected chi connectivity index (χ3v) is 7.98. The summed E-state index contributed by atoms with van der Waals surface area (Å²) in [5, 5.41) is 0.451. The van der Waals surface area contributed by atoms with Crippen LogP contribution in [0.25, 0.3) is 22.2 Å². The summed E-state index contributed by atoms with van der Waals surface area (Å²) in [5.74, 6) is -1.26. The van der Waals surface area contributed by atoms with Crippen molar-refractivity contribution in [3.8, 4) is 11.3 Å². The molecule has 1 fully saturated rings. The van der Waals surface area contributed by atoms with Crippen molar-refractivity contribution in [2.45, 2.75) is 33.1 Å². The molecule has 6 nitrogen and oxygen atoms in total. The number of nitrogens with zero attached hydrogens (tertiary/aromatic N) is 1. The number of benzene rings is 3. The Hall–Kier alpha value is -3.76. The summed E-state index contributed by atoms with van der Waals surface area (Å²) in [6.07, 6.45) is 3.65. The van der Waals surface area contributed by atoms with E-state index in [1.54, 1.807) is 42.5 Å². The lowest BCUT2D eigenvalue weighted by molar-refractivity contribution is 0.0664. The lowest BCUT2D eigenvalue weighted by atomic mass is 9.86. The van der Waals surface area contributed by atoms with Gasteiger partial charge in [-0.2, -0.15) is 0 Å².